The lowest BCUT2D eigenvalue weighted by Gasteiger charge is -2.21. The van der Waals surface area contributed by atoms with Crippen molar-refractivity contribution in [2.45, 2.75) is 31.1 Å². The highest BCUT2D eigenvalue weighted by atomic mass is 16.5. The van der Waals surface area contributed by atoms with Gasteiger partial charge in [0.05, 0.1) is 11.0 Å². The second-order valence-corrected chi connectivity index (χ2v) is 6.90. The summed E-state index contributed by atoms with van der Waals surface area (Å²) in [7, 11) is 1.92. The molecule has 0 saturated carbocycles. The Labute approximate surface area is 162 Å². The Balaban J connectivity index is 1.66. The van der Waals surface area contributed by atoms with Gasteiger partial charge in [-0.25, -0.2) is 9.78 Å². The van der Waals surface area contributed by atoms with E-state index in [0.29, 0.717) is 18.7 Å². The monoisotopic (exact) mass is 379 g/mol. The van der Waals surface area contributed by atoms with Crippen LogP contribution in [0.4, 0.5) is 0 Å². The van der Waals surface area contributed by atoms with Crippen LogP contribution >= 0.6 is 0 Å². The summed E-state index contributed by atoms with van der Waals surface area (Å²) in [5, 5.41) is 12.1. The molecule has 2 N–H and O–H groups in total. The summed E-state index contributed by atoms with van der Waals surface area (Å²) < 4.78 is 7.37. The van der Waals surface area contributed by atoms with Crippen LogP contribution in [0, 0.1) is 0 Å². The van der Waals surface area contributed by atoms with Crippen molar-refractivity contribution < 1.29 is 19.4 Å². The molecule has 0 spiro atoms. The summed E-state index contributed by atoms with van der Waals surface area (Å²) in [5.41, 5.74) is 2.70. The summed E-state index contributed by atoms with van der Waals surface area (Å²) in [4.78, 5) is 28.7. The Kier molecular flexibility index (Phi) is 4.83. The molecule has 28 heavy (non-hydrogen) atoms. The van der Waals surface area contributed by atoms with E-state index in [9.17, 15) is 9.59 Å². The van der Waals surface area contributed by atoms with Crippen LogP contribution in [0.3, 0.4) is 0 Å². The van der Waals surface area contributed by atoms with Crippen LogP contribution < -0.4 is 5.32 Å². The van der Waals surface area contributed by atoms with Gasteiger partial charge in [-0.05, 0) is 30.5 Å². The number of imidazole rings is 1. The molecular formula is C21H21N3O4. The Morgan fingerprint density at radius 2 is 1.79 bits per heavy atom. The number of hydrogen-bond acceptors (Lipinski definition) is 4. The molecule has 1 aliphatic heterocycles. The van der Waals surface area contributed by atoms with Crippen molar-refractivity contribution in [3.8, 4) is 0 Å². The normalized spacial score (nSPS) is 20.2. The minimum Gasteiger partial charge on any atom is -0.479 e. The number of rotatable bonds is 5. The SMILES string of the molecule is Cn1c(C(NC(=O)[C@@H]2CC[C@H](C(=O)O)O2)c2ccccc2)nc2ccccc21. The van der Waals surface area contributed by atoms with Crippen molar-refractivity contribution in [1.82, 2.24) is 14.9 Å². The number of carboxylic acids is 1. The molecule has 0 bridgehead atoms. The van der Waals surface area contributed by atoms with E-state index in [1.165, 1.54) is 0 Å². The molecule has 1 fully saturated rings. The number of para-hydroxylation sites is 2. The fraction of sp³-hybridized carbons (Fsp3) is 0.286. The number of hydrogen-bond donors (Lipinski definition) is 2. The third kappa shape index (κ3) is 3.36. The molecule has 0 aliphatic carbocycles. The van der Waals surface area contributed by atoms with Crippen LogP contribution in [0.2, 0.25) is 0 Å². The van der Waals surface area contributed by atoms with E-state index in [1.807, 2.05) is 66.2 Å². The van der Waals surface area contributed by atoms with Gasteiger partial charge in [-0.1, -0.05) is 42.5 Å². The average molecular weight is 379 g/mol. The molecule has 1 aliphatic rings. The predicted molar refractivity (Wildman–Crippen MR) is 103 cm³/mol. The number of nitrogens with one attached hydrogen (secondary N) is 1. The van der Waals surface area contributed by atoms with E-state index in [4.69, 9.17) is 14.8 Å². The van der Waals surface area contributed by atoms with Crippen molar-refractivity contribution in [3.05, 3.63) is 66.0 Å². The van der Waals surface area contributed by atoms with Gasteiger partial charge in [0, 0.05) is 7.05 Å². The lowest BCUT2D eigenvalue weighted by Crippen LogP contribution is -2.39. The molecule has 1 unspecified atom stereocenters. The largest absolute Gasteiger partial charge is 0.479 e. The summed E-state index contributed by atoms with van der Waals surface area (Å²) in [6, 6.07) is 16.9. The number of fused-ring (bicyclic) bond motifs is 1. The highest BCUT2D eigenvalue weighted by Crippen LogP contribution is 2.27. The topological polar surface area (TPSA) is 93.5 Å². The van der Waals surface area contributed by atoms with Crippen LogP contribution in [-0.4, -0.2) is 38.7 Å². The molecule has 2 heterocycles. The summed E-state index contributed by atoms with van der Waals surface area (Å²) in [5.74, 6) is -0.663. The maximum absolute atomic E-state index is 12.8. The number of amides is 1. The lowest BCUT2D eigenvalue weighted by molar-refractivity contribution is -0.151. The number of carbonyl (C=O) groups excluding carboxylic acids is 1. The van der Waals surface area contributed by atoms with Gasteiger partial charge < -0.3 is 19.7 Å². The number of aliphatic carboxylic acids is 1. The number of benzene rings is 2. The zero-order chi connectivity index (χ0) is 19.7. The van der Waals surface area contributed by atoms with E-state index >= 15 is 0 Å². The van der Waals surface area contributed by atoms with Gasteiger partial charge in [-0.2, -0.15) is 0 Å². The highest BCUT2D eigenvalue weighted by molar-refractivity contribution is 5.83. The van der Waals surface area contributed by atoms with E-state index in [1.54, 1.807) is 0 Å². The Morgan fingerprint density at radius 1 is 1.11 bits per heavy atom. The van der Waals surface area contributed by atoms with Crippen molar-refractivity contribution in [3.63, 3.8) is 0 Å². The molecule has 4 rings (SSSR count). The van der Waals surface area contributed by atoms with E-state index < -0.39 is 24.2 Å². The summed E-state index contributed by atoms with van der Waals surface area (Å²) in [6.45, 7) is 0. The van der Waals surface area contributed by atoms with Crippen LogP contribution in [0.15, 0.2) is 54.6 Å². The van der Waals surface area contributed by atoms with Gasteiger partial charge >= 0.3 is 5.97 Å². The van der Waals surface area contributed by atoms with Crippen molar-refractivity contribution in [2.75, 3.05) is 0 Å². The molecule has 7 nitrogen and oxygen atoms in total. The standard InChI is InChI=1S/C21H21N3O4/c1-24-15-10-6-5-9-14(15)22-19(24)18(13-7-3-2-4-8-13)23-20(25)16-11-12-17(28-16)21(26)27/h2-10,16-18H,11-12H2,1H3,(H,23,25)(H,26,27)/t16-,17+,18?/m0/s1. The van der Waals surface area contributed by atoms with E-state index in [0.717, 1.165) is 16.6 Å². The lowest BCUT2D eigenvalue weighted by atomic mass is 10.1. The third-order valence-corrected chi connectivity index (χ3v) is 5.09. The van der Waals surface area contributed by atoms with Gasteiger partial charge in [0.25, 0.3) is 0 Å². The number of carbonyl (C=O) groups is 2. The van der Waals surface area contributed by atoms with Crippen LogP contribution in [0.25, 0.3) is 11.0 Å². The van der Waals surface area contributed by atoms with Gasteiger partial charge in [0.1, 0.15) is 18.0 Å². The average Bonchev–Trinajstić information content (AvgIpc) is 3.33. The van der Waals surface area contributed by atoms with Crippen LogP contribution in [0.5, 0.6) is 0 Å². The van der Waals surface area contributed by atoms with Gasteiger partial charge in [-0.3, -0.25) is 4.79 Å². The smallest absolute Gasteiger partial charge is 0.332 e. The second kappa shape index (κ2) is 7.44. The Morgan fingerprint density at radius 3 is 2.46 bits per heavy atom. The fourth-order valence-corrected chi connectivity index (χ4v) is 3.61. The molecule has 1 amide bonds. The summed E-state index contributed by atoms with van der Waals surface area (Å²) >= 11 is 0. The van der Waals surface area contributed by atoms with Gasteiger partial charge in [0.2, 0.25) is 5.91 Å². The quantitative estimate of drug-likeness (QED) is 0.710. The fourth-order valence-electron chi connectivity index (χ4n) is 3.61. The van der Waals surface area contributed by atoms with E-state index in [2.05, 4.69) is 5.32 Å². The Bertz CT molecular complexity index is 1010. The number of nitrogens with zero attached hydrogens (tertiary/aromatic N) is 2. The first kappa shape index (κ1) is 18.2. The maximum atomic E-state index is 12.8. The molecule has 7 heteroatoms. The molecule has 1 saturated heterocycles. The molecule has 144 valence electrons. The second-order valence-electron chi connectivity index (χ2n) is 6.90. The van der Waals surface area contributed by atoms with Crippen molar-refractivity contribution in [2.24, 2.45) is 7.05 Å². The first-order chi connectivity index (χ1) is 13.5. The molecule has 3 atom stereocenters. The molecule has 2 aromatic carbocycles. The molecule has 1 aromatic heterocycles. The molecule has 3 aromatic rings. The van der Waals surface area contributed by atoms with Crippen LogP contribution in [0.1, 0.15) is 30.3 Å². The minimum absolute atomic E-state index is 0.329. The number of ether oxygens (including phenoxy) is 1. The van der Waals surface area contributed by atoms with Crippen LogP contribution in [-0.2, 0) is 21.4 Å². The molecular weight excluding hydrogens is 358 g/mol. The first-order valence-corrected chi connectivity index (χ1v) is 9.19. The van der Waals surface area contributed by atoms with Gasteiger partial charge in [-0.15, -0.1) is 0 Å². The zero-order valence-electron chi connectivity index (χ0n) is 15.4. The number of aryl methyl sites for hydroxylation is 1. The Hall–Kier alpha value is -3.19. The van der Waals surface area contributed by atoms with Crippen molar-refractivity contribution >= 4 is 22.9 Å². The number of carboxylic acid groups (broad SMARTS) is 1. The maximum Gasteiger partial charge on any atom is 0.332 e. The first-order valence-electron chi connectivity index (χ1n) is 9.19. The molecule has 0 radical (unpaired) electrons. The van der Waals surface area contributed by atoms with Gasteiger partial charge in [0.15, 0.2) is 6.10 Å². The zero-order valence-corrected chi connectivity index (χ0v) is 15.4. The minimum atomic E-state index is -1.04. The predicted octanol–water partition coefficient (Wildman–Crippen LogP) is 2.41. The van der Waals surface area contributed by atoms with E-state index in [-0.39, 0.29) is 5.91 Å². The number of aromatic nitrogens is 2. The van der Waals surface area contributed by atoms with Crippen molar-refractivity contribution in [1.29, 1.82) is 0 Å². The third-order valence-electron chi connectivity index (χ3n) is 5.09. The highest BCUT2D eigenvalue weighted by Gasteiger charge is 2.36. The summed E-state index contributed by atoms with van der Waals surface area (Å²) in [6.07, 6.45) is -0.994.